The number of phosphoric ester groups is 1. The minimum absolute atomic E-state index is 0.0829. The molecule has 1 aliphatic rings. The standard InChI is InChI=1S/C13H19N6O9P/c14-5(1-20)13(22)28-9-6(2-26-29(23,24)25)27-12(8(9)21)19-4-18-7-10(15)16-3-17-11(7)19/h3-6,8-9,12,20-21H,1-2,14H2,(H2,15,16,17)(H2,23,24,25). The van der Waals surface area contributed by atoms with Crippen molar-refractivity contribution in [1.82, 2.24) is 19.5 Å². The largest absolute Gasteiger partial charge is 0.469 e. The Labute approximate surface area is 162 Å². The lowest BCUT2D eigenvalue weighted by molar-refractivity contribution is -0.159. The van der Waals surface area contributed by atoms with Crippen LogP contribution in [0.15, 0.2) is 12.7 Å². The van der Waals surface area contributed by atoms with Gasteiger partial charge in [0.15, 0.2) is 23.8 Å². The lowest BCUT2D eigenvalue weighted by atomic mass is 10.1. The van der Waals surface area contributed by atoms with E-state index in [1.807, 2.05) is 0 Å². The van der Waals surface area contributed by atoms with Crippen molar-refractivity contribution < 1.29 is 43.4 Å². The quantitative estimate of drug-likeness (QED) is 0.188. The van der Waals surface area contributed by atoms with Gasteiger partial charge in [-0.1, -0.05) is 0 Å². The molecule has 0 bridgehead atoms. The summed E-state index contributed by atoms with van der Waals surface area (Å²) in [5.41, 5.74) is 11.6. The van der Waals surface area contributed by atoms with Crippen molar-refractivity contribution in [3.8, 4) is 0 Å². The second-order valence-corrected chi connectivity index (χ2v) is 7.35. The Morgan fingerprint density at radius 1 is 1.38 bits per heavy atom. The number of imidazole rings is 1. The molecule has 1 aliphatic heterocycles. The molecule has 15 nitrogen and oxygen atoms in total. The highest BCUT2D eigenvalue weighted by molar-refractivity contribution is 7.46. The molecule has 1 fully saturated rings. The molecule has 3 heterocycles. The van der Waals surface area contributed by atoms with Crippen LogP contribution in [0, 0.1) is 0 Å². The zero-order valence-corrected chi connectivity index (χ0v) is 15.6. The lowest BCUT2D eigenvalue weighted by Gasteiger charge is -2.22. The zero-order chi connectivity index (χ0) is 21.3. The van der Waals surface area contributed by atoms with E-state index in [-0.39, 0.29) is 17.0 Å². The summed E-state index contributed by atoms with van der Waals surface area (Å²) in [6.07, 6.45) is -3.02. The summed E-state index contributed by atoms with van der Waals surface area (Å²) in [4.78, 5) is 41.7. The van der Waals surface area contributed by atoms with Gasteiger partial charge in [-0.3, -0.25) is 13.9 Å². The molecule has 0 saturated carbocycles. The average molecular weight is 434 g/mol. The summed E-state index contributed by atoms with van der Waals surface area (Å²) < 4.78 is 27.4. The van der Waals surface area contributed by atoms with Gasteiger partial charge in [0.2, 0.25) is 0 Å². The van der Waals surface area contributed by atoms with Crippen molar-refractivity contribution in [3.05, 3.63) is 12.7 Å². The van der Waals surface area contributed by atoms with Crippen molar-refractivity contribution >= 4 is 30.8 Å². The number of esters is 1. The smallest absolute Gasteiger partial charge is 0.455 e. The Kier molecular flexibility index (Phi) is 6.11. The highest BCUT2D eigenvalue weighted by Gasteiger charge is 2.48. The van der Waals surface area contributed by atoms with E-state index < -0.39 is 57.6 Å². The first-order valence-electron chi connectivity index (χ1n) is 8.16. The number of aliphatic hydroxyl groups is 2. The molecule has 160 valence electrons. The van der Waals surface area contributed by atoms with E-state index >= 15 is 0 Å². The molecule has 0 spiro atoms. The van der Waals surface area contributed by atoms with Crippen molar-refractivity contribution in [1.29, 1.82) is 0 Å². The number of rotatable bonds is 7. The lowest BCUT2D eigenvalue weighted by Crippen LogP contribution is -2.44. The van der Waals surface area contributed by atoms with Gasteiger partial charge in [0.05, 0.1) is 19.5 Å². The summed E-state index contributed by atoms with van der Waals surface area (Å²) >= 11 is 0. The number of carbonyl (C=O) groups is 1. The van der Waals surface area contributed by atoms with E-state index in [1.165, 1.54) is 17.2 Å². The zero-order valence-electron chi connectivity index (χ0n) is 14.7. The molecule has 1 saturated heterocycles. The maximum Gasteiger partial charge on any atom is 0.469 e. The van der Waals surface area contributed by atoms with Gasteiger partial charge in [0.1, 0.15) is 30.1 Å². The van der Waals surface area contributed by atoms with Crippen LogP contribution in [0.4, 0.5) is 5.82 Å². The van der Waals surface area contributed by atoms with Crippen molar-refractivity contribution in [2.45, 2.75) is 30.6 Å². The van der Waals surface area contributed by atoms with Crippen LogP contribution in [0.25, 0.3) is 11.2 Å². The molecule has 16 heteroatoms. The van der Waals surface area contributed by atoms with E-state index in [2.05, 4.69) is 19.5 Å². The minimum atomic E-state index is -4.87. The van der Waals surface area contributed by atoms with Crippen LogP contribution in [0.1, 0.15) is 6.23 Å². The van der Waals surface area contributed by atoms with Gasteiger partial charge < -0.3 is 40.9 Å². The fourth-order valence-corrected chi connectivity index (χ4v) is 3.09. The number of hydrogen-bond acceptors (Lipinski definition) is 12. The van der Waals surface area contributed by atoms with E-state index in [4.69, 9.17) is 35.8 Å². The van der Waals surface area contributed by atoms with Crippen LogP contribution in [0.5, 0.6) is 0 Å². The number of carbonyl (C=O) groups excluding carboxylic acids is 1. The van der Waals surface area contributed by atoms with E-state index in [0.29, 0.717) is 0 Å². The Morgan fingerprint density at radius 3 is 2.76 bits per heavy atom. The molecule has 0 amide bonds. The van der Waals surface area contributed by atoms with Crippen LogP contribution >= 0.6 is 7.82 Å². The number of aliphatic hydroxyl groups excluding tert-OH is 2. The van der Waals surface area contributed by atoms with Gasteiger partial charge in [-0.05, 0) is 0 Å². The second kappa shape index (κ2) is 8.25. The van der Waals surface area contributed by atoms with E-state index in [1.54, 1.807) is 0 Å². The van der Waals surface area contributed by atoms with Gasteiger partial charge in [0, 0.05) is 0 Å². The second-order valence-electron chi connectivity index (χ2n) is 6.12. The number of phosphoric acid groups is 1. The number of nitrogen functional groups attached to an aromatic ring is 1. The number of hydrogen-bond donors (Lipinski definition) is 6. The number of fused-ring (bicyclic) bond motifs is 1. The third kappa shape index (κ3) is 4.52. The van der Waals surface area contributed by atoms with Crippen LogP contribution in [0.3, 0.4) is 0 Å². The van der Waals surface area contributed by atoms with Gasteiger partial charge in [0.25, 0.3) is 0 Å². The van der Waals surface area contributed by atoms with Gasteiger partial charge >= 0.3 is 13.8 Å². The Balaban J connectivity index is 1.89. The fourth-order valence-electron chi connectivity index (χ4n) is 2.75. The molecule has 0 aromatic carbocycles. The summed E-state index contributed by atoms with van der Waals surface area (Å²) in [7, 11) is -4.87. The molecule has 2 aromatic heterocycles. The van der Waals surface area contributed by atoms with Crippen molar-refractivity contribution in [3.63, 3.8) is 0 Å². The van der Waals surface area contributed by atoms with Crippen LogP contribution in [0.2, 0.25) is 0 Å². The summed E-state index contributed by atoms with van der Waals surface area (Å²) in [5.74, 6) is -0.969. The minimum Gasteiger partial charge on any atom is -0.455 e. The number of ether oxygens (including phenoxy) is 2. The first-order valence-corrected chi connectivity index (χ1v) is 9.69. The highest BCUT2D eigenvalue weighted by atomic mass is 31.2. The van der Waals surface area contributed by atoms with Crippen molar-refractivity contribution in [2.75, 3.05) is 18.9 Å². The average Bonchev–Trinajstić information content (AvgIpc) is 3.21. The third-order valence-corrected chi connectivity index (χ3v) is 4.61. The number of nitrogens with zero attached hydrogens (tertiary/aromatic N) is 4. The van der Waals surface area contributed by atoms with Gasteiger partial charge in [-0.25, -0.2) is 19.5 Å². The topological polar surface area (TPSA) is 238 Å². The molecule has 3 rings (SSSR count). The predicted molar refractivity (Wildman–Crippen MR) is 92.6 cm³/mol. The van der Waals surface area contributed by atoms with Crippen molar-refractivity contribution in [2.24, 2.45) is 5.73 Å². The predicted octanol–water partition coefficient (Wildman–Crippen LogP) is -2.99. The van der Waals surface area contributed by atoms with Gasteiger partial charge in [-0.15, -0.1) is 0 Å². The Hall–Kier alpha value is -2.23. The summed E-state index contributed by atoms with van der Waals surface area (Å²) in [5, 5.41) is 19.7. The highest BCUT2D eigenvalue weighted by Crippen LogP contribution is 2.39. The maximum absolute atomic E-state index is 11.9. The molecule has 29 heavy (non-hydrogen) atoms. The molecular formula is C13H19N6O9P. The molecule has 5 unspecified atom stereocenters. The number of aromatic nitrogens is 4. The number of nitrogens with two attached hydrogens (primary N) is 2. The summed E-state index contributed by atoms with van der Waals surface area (Å²) in [6.45, 7) is -1.42. The van der Waals surface area contributed by atoms with Crippen LogP contribution < -0.4 is 11.5 Å². The molecule has 0 aliphatic carbocycles. The fraction of sp³-hybridized carbons (Fsp3) is 0.538. The molecular weight excluding hydrogens is 415 g/mol. The Morgan fingerprint density at radius 2 is 2.10 bits per heavy atom. The molecule has 5 atom stereocenters. The van der Waals surface area contributed by atoms with Crippen LogP contribution in [-0.2, 0) is 23.4 Å². The van der Waals surface area contributed by atoms with E-state index in [9.17, 15) is 14.5 Å². The maximum atomic E-state index is 11.9. The Bertz CT molecular complexity index is 935. The molecule has 8 N–H and O–H groups in total. The SMILES string of the molecule is Nc1ncnc2c1ncn2C1OC(COP(=O)(O)O)C(OC(=O)C(N)CO)C1O. The molecule has 0 radical (unpaired) electrons. The van der Waals surface area contributed by atoms with Crippen LogP contribution in [-0.4, -0.2) is 83.1 Å². The molecule has 2 aromatic rings. The third-order valence-electron chi connectivity index (χ3n) is 4.13. The monoisotopic (exact) mass is 434 g/mol. The van der Waals surface area contributed by atoms with Gasteiger partial charge in [-0.2, -0.15) is 0 Å². The first kappa shape index (κ1) is 21.5. The number of anilines is 1. The normalized spacial score (nSPS) is 26.0. The van der Waals surface area contributed by atoms with E-state index in [0.717, 1.165) is 0 Å². The first-order chi connectivity index (χ1) is 13.6. The summed E-state index contributed by atoms with van der Waals surface area (Å²) in [6, 6.07) is -1.38.